The second kappa shape index (κ2) is 4.42. The summed E-state index contributed by atoms with van der Waals surface area (Å²) in [6.45, 7) is 2.23. The molecule has 0 saturated carbocycles. The fourth-order valence-corrected chi connectivity index (χ4v) is 1.58. The zero-order valence-electron chi connectivity index (χ0n) is 7.32. The van der Waals surface area contributed by atoms with Gasteiger partial charge in [-0.05, 0) is 19.4 Å². The molecule has 0 aromatic heterocycles. The average molecular weight is 173 g/mol. The lowest BCUT2D eigenvalue weighted by atomic mass is 10.2. The molecule has 0 bridgehead atoms. The minimum Gasteiger partial charge on any atom is -0.480 e. The molecule has 0 unspecified atom stereocenters. The van der Waals surface area contributed by atoms with Crippen molar-refractivity contribution in [2.75, 3.05) is 26.8 Å². The van der Waals surface area contributed by atoms with Gasteiger partial charge in [0.05, 0.1) is 6.61 Å². The van der Waals surface area contributed by atoms with Gasteiger partial charge in [-0.15, -0.1) is 0 Å². The van der Waals surface area contributed by atoms with Crippen LogP contribution in [0.4, 0.5) is 0 Å². The largest absolute Gasteiger partial charge is 0.480 e. The van der Waals surface area contributed by atoms with Gasteiger partial charge in [-0.3, -0.25) is 9.69 Å². The Bertz CT molecular complexity index is 160. The first-order valence-corrected chi connectivity index (χ1v) is 4.21. The van der Waals surface area contributed by atoms with Crippen molar-refractivity contribution in [2.45, 2.75) is 18.9 Å². The van der Waals surface area contributed by atoms with E-state index in [1.807, 2.05) is 4.90 Å². The second-order valence-corrected chi connectivity index (χ2v) is 3.03. The van der Waals surface area contributed by atoms with Crippen LogP contribution in [-0.4, -0.2) is 48.8 Å². The lowest BCUT2D eigenvalue weighted by molar-refractivity contribution is -0.142. The topological polar surface area (TPSA) is 49.8 Å². The number of carboxylic acid groups (broad SMARTS) is 1. The van der Waals surface area contributed by atoms with E-state index in [9.17, 15) is 4.79 Å². The number of aliphatic carboxylic acids is 1. The summed E-state index contributed by atoms with van der Waals surface area (Å²) < 4.78 is 4.90. The van der Waals surface area contributed by atoms with Crippen molar-refractivity contribution < 1.29 is 14.6 Å². The Balaban J connectivity index is 2.35. The number of hydrogen-bond donors (Lipinski definition) is 1. The third kappa shape index (κ3) is 2.19. The maximum Gasteiger partial charge on any atom is 0.320 e. The Morgan fingerprint density at radius 2 is 2.50 bits per heavy atom. The van der Waals surface area contributed by atoms with Gasteiger partial charge >= 0.3 is 5.97 Å². The van der Waals surface area contributed by atoms with Gasteiger partial charge in [-0.1, -0.05) is 0 Å². The smallest absolute Gasteiger partial charge is 0.320 e. The molecule has 1 aliphatic rings. The minimum atomic E-state index is -0.705. The fraction of sp³-hybridized carbons (Fsp3) is 0.875. The van der Waals surface area contributed by atoms with Crippen molar-refractivity contribution in [2.24, 2.45) is 0 Å². The highest BCUT2D eigenvalue weighted by molar-refractivity contribution is 5.73. The number of hydrogen-bond acceptors (Lipinski definition) is 3. The molecule has 4 nitrogen and oxygen atoms in total. The highest BCUT2D eigenvalue weighted by Gasteiger charge is 2.29. The van der Waals surface area contributed by atoms with Gasteiger partial charge in [-0.25, -0.2) is 0 Å². The molecule has 0 spiro atoms. The summed E-state index contributed by atoms with van der Waals surface area (Å²) in [6.07, 6.45) is 1.76. The first-order chi connectivity index (χ1) is 5.75. The van der Waals surface area contributed by atoms with Crippen molar-refractivity contribution in [3.8, 4) is 0 Å². The van der Waals surface area contributed by atoms with Gasteiger partial charge in [0.1, 0.15) is 6.04 Å². The predicted molar refractivity (Wildman–Crippen MR) is 44.1 cm³/mol. The Hall–Kier alpha value is -0.610. The third-order valence-corrected chi connectivity index (χ3v) is 2.23. The number of rotatable bonds is 4. The monoisotopic (exact) mass is 173 g/mol. The zero-order valence-corrected chi connectivity index (χ0v) is 7.32. The van der Waals surface area contributed by atoms with E-state index in [0.29, 0.717) is 6.61 Å². The van der Waals surface area contributed by atoms with E-state index in [1.165, 1.54) is 0 Å². The van der Waals surface area contributed by atoms with Crippen LogP contribution in [0, 0.1) is 0 Å². The van der Waals surface area contributed by atoms with Crippen LogP contribution in [0.2, 0.25) is 0 Å². The number of ether oxygens (including phenoxy) is 1. The quantitative estimate of drug-likeness (QED) is 0.659. The molecule has 12 heavy (non-hydrogen) atoms. The van der Waals surface area contributed by atoms with Crippen LogP contribution in [0.25, 0.3) is 0 Å². The molecule has 0 amide bonds. The van der Waals surface area contributed by atoms with Crippen molar-refractivity contribution in [1.29, 1.82) is 0 Å². The molecular weight excluding hydrogens is 158 g/mol. The molecule has 1 fully saturated rings. The third-order valence-electron chi connectivity index (χ3n) is 2.23. The van der Waals surface area contributed by atoms with Crippen molar-refractivity contribution in [3.63, 3.8) is 0 Å². The van der Waals surface area contributed by atoms with Crippen LogP contribution in [0.1, 0.15) is 12.8 Å². The predicted octanol–water partition coefficient (Wildman–Crippen LogP) is 0.182. The Labute approximate surface area is 72.1 Å². The van der Waals surface area contributed by atoms with Gasteiger partial charge in [0.15, 0.2) is 0 Å². The minimum absolute atomic E-state index is 0.278. The molecule has 1 heterocycles. The molecule has 0 aliphatic carbocycles. The van der Waals surface area contributed by atoms with Gasteiger partial charge in [-0.2, -0.15) is 0 Å². The van der Waals surface area contributed by atoms with Crippen LogP contribution in [0.15, 0.2) is 0 Å². The number of likely N-dealkylation sites (tertiary alicyclic amines) is 1. The summed E-state index contributed by atoms with van der Waals surface area (Å²) in [7, 11) is 1.63. The number of carbonyl (C=O) groups is 1. The normalized spacial score (nSPS) is 24.6. The molecule has 1 saturated heterocycles. The summed E-state index contributed by atoms with van der Waals surface area (Å²) in [5.41, 5.74) is 0. The van der Waals surface area contributed by atoms with Crippen LogP contribution < -0.4 is 0 Å². The Morgan fingerprint density at radius 3 is 3.08 bits per heavy atom. The van der Waals surface area contributed by atoms with Crippen molar-refractivity contribution >= 4 is 5.97 Å². The molecule has 1 aliphatic heterocycles. The van der Waals surface area contributed by atoms with Gasteiger partial charge in [0, 0.05) is 13.7 Å². The molecule has 1 rings (SSSR count). The standard InChI is InChI=1S/C8H15NO3/c1-12-6-5-9-4-2-3-7(9)8(10)11/h7H,2-6H2,1H3,(H,10,11)/t7-/m1/s1. The van der Waals surface area contributed by atoms with E-state index in [-0.39, 0.29) is 6.04 Å². The molecule has 1 N–H and O–H groups in total. The molecule has 1 atom stereocenters. The van der Waals surface area contributed by atoms with Gasteiger partial charge in [0.2, 0.25) is 0 Å². The van der Waals surface area contributed by atoms with Crippen LogP contribution in [-0.2, 0) is 9.53 Å². The summed E-state index contributed by atoms with van der Waals surface area (Å²) in [5, 5.41) is 8.80. The average Bonchev–Trinajstić information content (AvgIpc) is 2.48. The zero-order chi connectivity index (χ0) is 8.97. The van der Waals surface area contributed by atoms with E-state index in [4.69, 9.17) is 9.84 Å². The molecule has 0 aromatic rings. The summed E-state index contributed by atoms with van der Waals surface area (Å²) in [4.78, 5) is 12.7. The lowest BCUT2D eigenvalue weighted by Crippen LogP contribution is -2.37. The van der Waals surface area contributed by atoms with Gasteiger partial charge in [0.25, 0.3) is 0 Å². The first-order valence-electron chi connectivity index (χ1n) is 4.21. The highest BCUT2D eigenvalue weighted by atomic mass is 16.5. The Morgan fingerprint density at radius 1 is 1.75 bits per heavy atom. The van der Waals surface area contributed by atoms with Crippen LogP contribution >= 0.6 is 0 Å². The number of carboxylic acids is 1. The fourth-order valence-electron chi connectivity index (χ4n) is 1.58. The SMILES string of the molecule is COCCN1CCC[C@@H]1C(=O)O. The van der Waals surface area contributed by atoms with Crippen LogP contribution in [0.3, 0.4) is 0 Å². The van der Waals surface area contributed by atoms with Crippen molar-refractivity contribution in [3.05, 3.63) is 0 Å². The van der Waals surface area contributed by atoms with E-state index >= 15 is 0 Å². The van der Waals surface area contributed by atoms with E-state index in [1.54, 1.807) is 7.11 Å². The van der Waals surface area contributed by atoms with Crippen molar-refractivity contribution in [1.82, 2.24) is 4.90 Å². The lowest BCUT2D eigenvalue weighted by Gasteiger charge is -2.19. The summed E-state index contributed by atoms with van der Waals surface area (Å²) in [5.74, 6) is -0.705. The first kappa shape index (κ1) is 9.48. The maximum atomic E-state index is 10.7. The Kier molecular flexibility index (Phi) is 3.49. The summed E-state index contributed by atoms with van der Waals surface area (Å²) >= 11 is 0. The summed E-state index contributed by atoms with van der Waals surface area (Å²) in [6, 6.07) is -0.278. The number of methoxy groups -OCH3 is 1. The molecule has 70 valence electrons. The maximum absolute atomic E-state index is 10.7. The molecule has 0 radical (unpaired) electrons. The van der Waals surface area contributed by atoms with E-state index < -0.39 is 5.97 Å². The van der Waals surface area contributed by atoms with Crippen LogP contribution in [0.5, 0.6) is 0 Å². The highest BCUT2D eigenvalue weighted by Crippen LogP contribution is 2.16. The van der Waals surface area contributed by atoms with Gasteiger partial charge < -0.3 is 9.84 Å². The molecular formula is C8H15NO3. The molecule has 4 heteroatoms. The molecule has 0 aromatic carbocycles. The number of nitrogens with zero attached hydrogens (tertiary/aromatic N) is 1. The van der Waals surface area contributed by atoms with E-state index in [2.05, 4.69) is 0 Å². The second-order valence-electron chi connectivity index (χ2n) is 3.03. The van der Waals surface area contributed by atoms with E-state index in [0.717, 1.165) is 25.9 Å².